The van der Waals surface area contributed by atoms with Crippen LogP contribution in [0.2, 0.25) is 0 Å². The van der Waals surface area contributed by atoms with Crippen molar-refractivity contribution < 1.29 is 4.79 Å². The van der Waals surface area contributed by atoms with Crippen LogP contribution in [0.25, 0.3) is 0 Å². The number of aromatic nitrogens is 1. The first-order valence-electron chi connectivity index (χ1n) is 6.75. The Balaban J connectivity index is 1.94. The number of hydrogen-bond acceptors (Lipinski definition) is 4. The molecule has 1 saturated heterocycles. The van der Waals surface area contributed by atoms with Gasteiger partial charge >= 0.3 is 0 Å². The normalized spacial score (nSPS) is 21.4. The molecule has 0 aliphatic carbocycles. The Labute approximate surface area is 113 Å². The van der Waals surface area contributed by atoms with Crippen LogP contribution in [0.3, 0.4) is 0 Å². The maximum absolute atomic E-state index is 11.2. The van der Waals surface area contributed by atoms with E-state index in [0.29, 0.717) is 17.7 Å². The van der Waals surface area contributed by atoms with Crippen LogP contribution >= 0.6 is 11.3 Å². The average Bonchev–Trinajstić information content (AvgIpc) is 2.78. The molecule has 1 fully saturated rings. The van der Waals surface area contributed by atoms with Crippen molar-refractivity contribution in [3.63, 3.8) is 0 Å². The topological polar surface area (TPSA) is 33.2 Å². The van der Waals surface area contributed by atoms with Gasteiger partial charge in [0.25, 0.3) is 0 Å². The largest absolute Gasteiger partial charge is 0.301 e. The molecular weight excluding hydrogens is 244 g/mol. The van der Waals surface area contributed by atoms with Crippen molar-refractivity contribution in [3.05, 3.63) is 16.1 Å². The molecule has 4 heteroatoms. The Morgan fingerprint density at radius 1 is 1.61 bits per heavy atom. The molecule has 1 aliphatic heterocycles. The van der Waals surface area contributed by atoms with E-state index >= 15 is 0 Å². The molecule has 0 spiro atoms. The molecular formula is C14H22N2OS. The average molecular weight is 266 g/mol. The lowest BCUT2D eigenvalue weighted by Gasteiger charge is -2.35. The van der Waals surface area contributed by atoms with Gasteiger partial charge in [-0.25, -0.2) is 4.98 Å². The highest BCUT2D eigenvalue weighted by Gasteiger charge is 2.22. The number of ketones is 1. The monoisotopic (exact) mass is 266 g/mol. The van der Waals surface area contributed by atoms with E-state index in [-0.39, 0.29) is 5.78 Å². The molecule has 2 rings (SSSR count). The van der Waals surface area contributed by atoms with Gasteiger partial charge in [-0.05, 0) is 39.2 Å². The van der Waals surface area contributed by atoms with E-state index in [2.05, 4.69) is 23.7 Å². The molecule has 3 nitrogen and oxygen atoms in total. The minimum atomic E-state index is 0.0740. The Bertz CT molecular complexity index is 414. The number of thiazole rings is 1. The molecule has 1 aromatic rings. The first kappa shape index (κ1) is 13.7. The summed E-state index contributed by atoms with van der Waals surface area (Å²) in [6.07, 6.45) is 3.60. The fourth-order valence-electron chi connectivity index (χ4n) is 2.55. The second kappa shape index (κ2) is 5.93. The van der Waals surface area contributed by atoms with Crippen LogP contribution in [-0.4, -0.2) is 34.8 Å². The zero-order chi connectivity index (χ0) is 13.1. The zero-order valence-corrected chi connectivity index (χ0v) is 12.3. The molecule has 0 aromatic carbocycles. The van der Waals surface area contributed by atoms with Crippen molar-refractivity contribution in [2.45, 2.75) is 46.1 Å². The SMILES string of the molecule is CC(=O)c1csc(CC2CCCN(C(C)C)C2)n1. The Kier molecular flexibility index (Phi) is 4.51. The Hall–Kier alpha value is -0.740. The molecule has 0 N–H and O–H groups in total. The Morgan fingerprint density at radius 2 is 2.39 bits per heavy atom. The number of carbonyl (C=O) groups excluding carboxylic acids is 1. The van der Waals surface area contributed by atoms with Gasteiger partial charge in [-0.15, -0.1) is 11.3 Å². The first-order valence-corrected chi connectivity index (χ1v) is 7.63. The van der Waals surface area contributed by atoms with Crippen molar-refractivity contribution >= 4 is 17.1 Å². The van der Waals surface area contributed by atoms with Crippen LogP contribution in [0.4, 0.5) is 0 Å². The summed E-state index contributed by atoms with van der Waals surface area (Å²) < 4.78 is 0. The van der Waals surface area contributed by atoms with E-state index in [1.165, 1.54) is 25.9 Å². The molecule has 0 bridgehead atoms. The molecule has 0 radical (unpaired) electrons. The van der Waals surface area contributed by atoms with Gasteiger partial charge in [0.15, 0.2) is 5.78 Å². The second-order valence-electron chi connectivity index (χ2n) is 5.48. The number of hydrogen-bond donors (Lipinski definition) is 0. The lowest BCUT2D eigenvalue weighted by molar-refractivity contribution is 0.101. The van der Waals surface area contributed by atoms with Crippen LogP contribution < -0.4 is 0 Å². The summed E-state index contributed by atoms with van der Waals surface area (Å²) in [6.45, 7) is 8.51. The summed E-state index contributed by atoms with van der Waals surface area (Å²) >= 11 is 1.63. The van der Waals surface area contributed by atoms with Crippen LogP contribution in [0, 0.1) is 5.92 Å². The van der Waals surface area contributed by atoms with Crippen molar-refractivity contribution in [2.24, 2.45) is 5.92 Å². The molecule has 18 heavy (non-hydrogen) atoms. The molecule has 0 saturated carbocycles. The fourth-order valence-corrected chi connectivity index (χ4v) is 3.50. The third-order valence-corrected chi connectivity index (χ3v) is 4.53. The highest BCUT2D eigenvalue weighted by Crippen LogP contribution is 2.23. The van der Waals surface area contributed by atoms with Gasteiger partial charge in [-0.3, -0.25) is 4.79 Å². The Morgan fingerprint density at radius 3 is 3.00 bits per heavy atom. The van der Waals surface area contributed by atoms with Crippen LogP contribution in [0.5, 0.6) is 0 Å². The van der Waals surface area contributed by atoms with Crippen LogP contribution in [-0.2, 0) is 6.42 Å². The molecule has 100 valence electrons. The third-order valence-electron chi connectivity index (χ3n) is 3.66. The standard InChI is InChI=1S/C14H22N2OS/c1-10(2)16-6-4-5-12(8-16)7-14-15-13(9-18-14)11(3)17/h9-10,12H,4-8H2,1-3H3. The summed E-state index contributed by atoms with van der Waals surface area (Å²) in [5.41, 5.74) is 0.631. The zero-order valence-electron chi connectivity index (χ0n) is 11.5. The summed E-state index contributed by atoms with van der Waals surface area (Å²) in [4.78, 5) is 18.2. The lowest BCUT2D eigenvalue weighted by atomic mass is 9.94. The van der Waals surface area contributed by atoms with Gasteiger partial charge in [0.05, 0.1) is 5.01 Å². The van der Waals surface area contributed by atoms with Gasteiger partial charge in [0, 0.05) is 31.3 Å². The summed E-state index contributed by atoms with van der Waals surface area (Å²) in [6, 6.07) is 0.636. The number of carbonyl (C=O) groups is 1. The van der Waals surface area contributed by atoms with E-state index < -0.39 is 0 Å². The maximum atomic E-state index is 11.2. The minimum absolute atomic E-state index is 0.0740. The van der Waals surface area contributed by atoms with Gasteiger partial charge in [0.1, 0.15) is 5.69 Å². The predicted octanol–water partition coefficient (Wildman–Crippen LogP) is 3.01. The number of likely N-dealkylation sites (tertiary alicyclic amines) is 1. The van der Waals surface area contributed by atoms with Gasteiger partial charge in [-0.1, -0.05) is 0 Å². The van der Waals surface area contributed by atoms with Gasteiger partial charge in [0.2, 0.25) is 0 Å². The minimum Gasteiger partial charge on any atom is -0.301 e. The summed E-state index contributed by atoms with van der Waals surface area (Å²) in [5.74, 6) is 0.775. The number of rotatable bonds is 4. The highest BCUT2D eigenvalue weighted by atomic mass is 32.1. The third kappa shape index (κ3) is 3.39. The fraction of sp³-hybridized carbons (Fsp3) is 0.714. The molecule has 1 atom stereocenters. The van der Waals surface area contributed by atoms with Crippen molar-refractivity contribution in [2.75, 3.05) is 13.1 Å². The number of piperidine rings is 1. The van der Waals surface area contributed by atoms with Crippen molar-refractivity contribution in [1.29, 1.82) is 0 Å². The smallest absolute Gasteiger partial charge is 0.178 e. The quantitative estimate of drug-likeness (QED) is 0.785. The van der Waals surface area contributed by atoms with E-state index in [1.807, 2.05) is 5.38 Å². The van der Waals surface area contributed by atoms with E-state index in [4.69, 9.17) is 0 Å². The van der Waals surface area contributed by atoms with E-state index in [9.17, 15) is 4.79 Å². The first-order chi connectivity index (χ1) is 8.56. The van der Waals surface area contributed by atoms with E-state index in [1.54, 1.807) is 18.3 Å². The van der Waals surface area contributed by atoms with Crippen molar-refractivity contribution in [1.82, 2.24) is 9.88 Å². The maximum Gasteiger partial charge on any atom is 0.178 e. The molecule has 1 aliphatic rings. The van der Waals surface area contributed by atoms with Crippen molar-refractivity contribution in [3.8, 4) is 0 Å². The second-order valence-corrected chi connectivity index (χ2v) is 6.43. The van der Waals surface area contributed by atoms with Crippen LogP contribution in [0.15, 0.2) is 5.38 Å². The van der Waals surface area contributed by atoms with Gasteiger partial charge < -0.3 is 4.90 Å². The lowest BCUT2D eigenvalue weighted by Crippen LogP contribution is -2.40. The predicted molar refractivity (Wildman–Crippen MR) is 75.3 cm³/mol. The van der Waals surface area contributed by atoms with Gasteiger partial charge in [-0.2, -0.15) is 0 Å². The number of nitrogens with zero attached hydrogens (tertiary/aromatic N) is 2. The highest BCUT2D eigenvalue weighted by molar-refractivity contribution is 7.09. The molecule has 1 aromatic heterocycles. The summed E-state index contributed by atoms with van der Waals surface area (Å²) in [7, 11) is 0. The summed E-state index contributed by atoms with van der Waals surface area (Å²) in [5, 5.41) is 3.01. The van der Waals surface area contributed by atoms with Crippen LogP contribution in [0.1, 0.15) is 49.1 Å². The molecule has 0 amide bonds. The van der Waals surface area contributed by atoms with E-state index in [0.717, 1.165) is 11.4 Å². The molecule has 2 heterocycles. The molecule has 1 unspecified atom stereocenters. The number of Topliss-reactive ketones (excluding diaryl/α,β-unsaturated/α-hetero) is 1.